The van der Waals surface area contributed by atoms with Crippen molar-refractivity contribution in [3.05, 3.63) is 52.3 Å². The fraction of sp³-hybridized carbons (Fsp3) is 0.444. The summed E-state index contributed by atoms with van der Waals surface area (Å²) in [4.78, 5) is 16.7. The van der Waals surface area contributed by atoms with E-state index >= 15 is 0 Å². The van der Waals surface area contributed by atoms with Crippen molar-refractivity contribution in [2.45, 2.75) is 19.5 Å². The summed E-state index contributed by atoms with van der Waals surface area (Å²) in [7, 11) is 3.83. The molecule has 0 saturated carbocycles. The molecule has 1 aliphatic heterocycles. The summed E-state index contributed by atoms with van der Waals surface area (Å²) in [6.45, 7) is 2.75. The lowest BCUT2D eigenvalue weighted by molar-refractivity contribution is 0.0724. The normalized spacial score (nSPS) is 13.7. The number of aromatic nitrogens is 2. The number of likely N-dealkylation sites (N-methyl/N-ethyl adjacent to an activating group) is 1. The molecule has 0 aliphatic carbocycles. The number of fused-ring (bicyclic) bond motifs is 1. The van der Waals surface area contributed by atoms with Crippen LogP contribution in [0, 0.1) is 11.6 Å². The Morgan fingerprint density at radius 1 is 1.23 bits per heavy atom. The first-order chi connectivity index (χ1) is 12.5. The fourth-order valence-corrected chi connectivity index (χ4v) is 2.98. The second-order valence-electron chi connectivity index (χ2n) is 6.73. The number of amides is 1. The van der Waals surface area contributed by atoms with Gasteiger partial charge in [-0.15, -0.1) is 0 Å². The molecule has 0 saturated heterocycles. The summed E-state index contributed by atoms with van der Waals surface area (Å²) in [6.07, 6.45) is 0.802. The van der Waals surface area contributed by atoms with E-state index in [1.807, 2.05) is 19.0 Å². The summed E-state index contributed by atoms with van der Waals surface area (Å²) in [5.74, 6) is -2.02. The Labute approximate surface area is 151 Å². The van der Waals surface area contributed by atoms with Crippen LogP contribution < -0.4 is 5.32 Å². The Hall–Kier alpha value is -2.32. The highest BCUT2D eigenvalue weighted by atomic mass is 19.2. The number of rotatable bonds is 6. The molecule has 0 fully saturated rings. The third-order valence-electron chi connectivity index (χ3n) is 4.47. The monoisotopic (exact) mass is 363 g/mol. The van der Waals surface area contributed by atoms with E-state index in [1.54, 1.807) is 4.90 Å². The molecule has 0 spiro atoms. The number of carbonyl (C=O) groups is 1. The van der Waals surface area contributed by atoms with Crippen LogP contribution in [0.5, 0.6) is 0 Å². The second kappa shape index (κ2) is 7.92. The average molecular weight is 363 g/mol. The predicted molar refractivity (Wildman–Crippen MR) is 93.7 cm³/mol. The van der Waals surface area contributed by atoms with E-state index in [0.717, 1.165) is 36.4 Å². The molecular formula is C18H23F2N5O. The summed E-state index contributed by atoms with van der Waals surface area (Å²) in [5, 5.41) is 10.4. The standard InChI is InChI=1S/C18H23F2N5O/c1-24(2)7-8-25(11-12-3-4-14(19)15(20)9-12)18(26)17-13-10-21-6-5-16(13)22-23-17/h3-4,9,21H,5-8,10-11H2,1-2H3,(H,22,23). The van der Waals surface area contributed by atoms with Crippen molar-refractivity contribution in [3.8, 4) is 0 Å². The molecule has 1 aromatic carbocycles. The number of aromatic amines is 1. The van der Waals surface area contributed by atoms with E-state index in [2.05, 4.69) is 15.5 Å². The van der Waals surface area contributed by atoms with Crippen LogP contribution in [0.25, 0.3) is 0 Å². The third-order valence-corrected chi connectivity index (χ3v) is 4.47. The van der Waals surface area contributed by atoms with Crippen LogP contribution in [0.4, 0.5) is 8.78 Å². The molecule has 1 amide bonds. The average Bonchev–Trinajstić information content (AvgIpc) is 3.05. The highest BCUT2D eigenvalue weighted by Crippen LogP contribution is 2.19. The lowest BCUT2D eigenvalue weighted by atomic mass is 10.1. The van der Waals surface area contributed by atoms with Gasteiger partial charge in [0.15, 0.2) is 17.3 Å². The van der Waals surface area contributed by atoms with Crippen molar-refractivity contribution in [1.82, 2.24) is 25.3 Å². The minimum absolute atomic E-state index is 0.193. The Kier molecular flexibility index (Phi) is 5.63. The zero-order valence-corrected chi connectivity index (χ0v) is 15.0. The molecule has 8 heteroatoms. The molecule has 0 unspecified atom stereocenters. The molecule has 2 N–H and O–H groups in total. The Balaban J connectivity index is 1.83. The number of H-pyrrole nitrogens is 1. The van der Waals surface area contributed by atoms with E-state index in [4.69, 9.17) is 0 Å². The zero-order chi connectivity index (χ0) is 18.7. The molecule has 26 heavy (non-hydrogen) atoms. The Morgan fingerprint density at radius 2 is 2.04 bits per heavy atom. The van der Waals surface area contributed by atoms with Gasteiger partial charge in [-0.05, 0) is 31.8 Å². The van der Waals surface area contributed by atoms with Gasteiger partial charge < -0.3 is 15.1 Å². The van der Waals surface area contributed by atoms with Gasteiger partial charge in [0.2, 0.25) is 0 Å². The number of benzene rings is 1. The summed E-state index contributed by atoms with van der Waals surface area (Å²) in [6, 6.07) is 3.71. The first kappa shape index (κ1) is 18.5. The van der Waals surface area contributed by atoms with Gasteiger partial charge in [-0.1, -0.05) is 6.07 Å². The number of nitrogens with one attached hydrogen (secondary N) is 2. The van der Waals surface area contributed by atoms with Gasteiger partial charge in [-0.3, -0.25) is 9.89 Å². The van der Waals surface area contributed by atoms with Gasteiger partial charge in [0.1, 0.15) is 0 Å². The van der Waals surface area contributed by atoms with E-state index < -0.39 is 11.6 Å². The Morgan fingerprint density at radius 3 is 2.77 bits per heavy atom. The number of hydrogen-bond acceptors (Lipinski definition) is 4. The number of hydrogen-bond donors (Lipinski definition) is 2. The van der Waals surface area contributed by atoms with Gasteiger partial charge in [-0.2, -0.15) is 5.10 Å². The fourth-order valence-electron chi connectivity index (χ4n) is 2.98. The minimum Gasteiger partial charge on any atom is -0.332 e. The molecule has 6 nitrogen and oxygen atoms in total. The lowest BCUT2D eigenvalue weighted by Gasteiger charge is -2.25. The Bertz CT molecular complexity index is 790. The van der Waals surface area contributed by atoms with Crippen LogP contribution in [0.3, 0.4) is 0 Å². The first-order valence-electron chi connectivity index (χ1n) is 8.60. The quantitative estimate of drug-likeness (QED) is 0.817. The second-order valence-corrected chi connectivity index (χ2v) is 6.73. The van der Waals surface area contributed by atoms with Crippen LogP contribution in [0.2, 0.25) is 0 Å². The minimum atomic E-state index is -0.913. The van der Waals surface area contributed by atoms with E-state index in [-0.39, 0.29) is 12.5 Å². The highest BCUT2D eigenvalue weighted by molar-refractivity contribution is 5.94. The van der Waals surface area contributed by atoms with Crippen molar-refractivity contribution in [3.63, 3.8) is 0 Å². The molecule has 3 rings (SSSR count). The van der Waals surface area contributed by atoms with E-state index in [1.165, 1.54) is 6.07 Å². The van der Waals surface area contributed by atoms with Crippen molar-refractivity contribution in [1.29, 1.82) is 0 Å². The predicted octanol–water partition coefficient (Wildman–Crippen LogP) is 1.54. The van der Waals surface area contributed by atoms with Gasteiger partial charge >= 0.3 is 0 Å². The molecule has 1 aliphatic rings. The molecule has 0 radical (unpaired) electrons. The summed E-state index contributed by atoms with van der Waals surface area (Å²) >= 11 is 0. The largest absolute Gasteiger partial charge is 0.332 e. The maximum atomic E-state index is 13.5. The van der Waals surface area contributed by atoms with E-state index in [9.17, 15) is 13.6 Å². The van der Waals surface area contributed by atoms with Crippen molar-refractivity contribution in [2.75, 3.05) is 33.7 Å². The van der Waals surface area contributed by atoms with Crippen LogP contribution in [0.15, 0.2) is 18.2 Å². The zero-order valence-electron chi connectivity index (χ0n) is 15.0. The highest BCUT2D eigenvalue weighted by Gasteiger charge is 2.26. The van der Waals surface area contributed by atoms with Crippen molar-refractivity contribution in [2.24, 2.45) is 0 Å². The van der Waals surface area contributed by atoms with Gasteiger partial charge in [-0.25, -0.2) is 8.78 Å². The molecule has 2 heterocycles. The molecular weight excluding hydrogens is 340 g/mol. The number of nitrogens with zero attached hydrogens (tertiary/aromatic N) is 3. The van der Waals surface area contributed by atoms with Gasteiger partial charge in [0.05, 0.1) is 0 Å². The van der Waals surface area contributed by atoms with Crippen molar-refractivity contribution >= 4 is 5.91 Å². The topological polar surface area (TPSA) is 64.3 Å². The van der Waals surface area contributed by atoms with Crippen LogP contribution in [-0.2, 0) is 19.5 Å². The van der Waals surface area contributed by atoms with Crippen LogP contribution >= 0.6 is 0 Å². The molecule has 0 bridgehead atoms. The van der Waals surface area contributed by atoms with Crippen LogP contribution in [0.1, 0.15) is 27.3 Å². The van der Waals surface area contributed by atoms with Crippen LogP contribution in [-0.4, -0.2) is 59.6 Å². The summed E-state index contributed by atoms with van der Waals surface area (Å²) < 4.78 is 26.7. The third kappa shape index (κ3) is 4.08. The maximum absolute atomic E-state index is 13.5. The van der Waals surface area contributed by atoms with Gasteiger partial charge in [0, 0.05) is 50.4 Å². The smallest absolute Gasteiger partial charge is 0.275 e. The SMILES string of the molecule is CN(C)CCN(Cc1ccc(F)c(F)c1)C(=O)c1n[nH]c2c1CNCC2. The van der Waals surface area contributed by atoms with E-state index in [0.29, 0.717) is 30.9 Å². The molecule has 2 aromatic rings. The molecule has 1 aromatic heterocycles. The van der Waals surface area contributed by atoms with Crippen molar-refractivity contribution < 1.29 is 13.6 Å². The number of halogens is 2. The van der Waals surface area contributed by atoms with Gasteiger partial charge in [0.25, 0.3) is 5.91 Å². The maximum Gasteiger partial charge on any atom is 0.275 e. The number of carbonyl (C=O) groups excluding carboxylic acids is 1. The molecule has 0 atom stereocenters. The lowest BCUT2D eigenvalue weighted by Crippen LogP contribution is -2.37. The molecule has 140 valence electrons. The first-order valence-corrected chi connectivity index (χ1v) is 8.60. The summed E-state index contributed by atoms with van der Waals surface area (Å²) in [5.41, 5.74) is 2.81.